The van der Waals surface area contributed by atoms with Crippen LogP contribution in [0.4, 0.5) is 11.6 Å². The Morgan fingerprint density at radius 3 is 2.54 bits per heavy atom. The molecule has 1 aliphatic heterocycles. The van der Waals surface area contributed by atoms with Crippen LogP contribution >= 0.6 is 0 Å². The number of nitrogens with zero attached hydrogens (tertiary/aromatic N) is 3. The van der Waals surface area contributed by atoms with Gasteiger partial charge in [-0.25, -0.2) is 9.97 Å². The quantitative estimate of drug-likeness (QED) is 0.852. The average Bonchev–Trinajstić information content (AvgIpc) is 3.29. The van der Waals surface area contributed by atoms with E-state index >= 15 is 0 Å². The third-order valence-corrected chi connectivity index (χ3v) is 4.66. The van der Waals surface area contributed by atoms with Crippen LogP contribution in [0.2, 0.25) is 0 Å². The number of nitrogens with one attached hydrogen (secondary N) is 2. The summed E-state index contributed by atoms with van der Waals surface area (Å²) in [6.07, 6.45) is 4.83. The molecule has 24 heavy (non-hydrogen) atoms. The number of para-hydroxylation sites is 2. The molecular weight excluding hydrogens is 302 g/mol. The molecule has 2 aliphatic rings. The van der Waals surface area contributed by atoms with Crippen LogP contribution in [0.3, 0.4) is 0 Å². The van der Waals surface area contributed by atoms with Crippen molar-refractivity contribution in [3.8, 4) is 0 Å². The smallest absolute Gasteiger partial charge is 0.239 e. The first-order chi connectivity index (χ1) is 11.8. The maximum Gasteiger partial charge on any atom is 0.239 e. The molecule has 0 unspecified atom stereocenters. The predicted octanol–water partition coefficient (Wildman–Crippen LogP) is 2.17. The van der Waals surface area contributed by atoms with Gasteiger partial charge in [0.05, 0.1) is 17.6 Å². The highest BCUT2D eigenvalue weighted by molar-refractivity contribution is 5.84. The summed E-state index contributed by atoms with van der Waals surface area (Å²) in [6.45, 7) is 3.02. The second-order valence-corrected chi connectivity index (χ2v) is 6.68. The van der Waals surface area contributed by atoms with E-state index in [9.17, 15) is 4.79 Å². The van der Waals surface area contributed by atoms with Crippen molar-refractivity contribution >= 4 is 28.6 Å². The fraction of sp³-hybridized carbons (Fsp3) is 0.500. The molecule has 6 nitrogen and oxygen atoms in total. The Morgan fingerprint density at radius 2 is 1.83 bits per heavy atom. The lowest BCUT2D eigenvalue weighted by Gasteiger charge is -2.20. The summed E-state index contributed by atoms with van der Waals surface area (Å²) in [4.78, 5) is 23.8. The first-order valence-electron chi connectivity index (χ1n) is 8.82. The van der Waals surface area contributed by atoms with E-state index in [-0.39, 0.29) is 12.5 Å². The molecular formula is C18H23N5O. The van der Waals surface area contributed by atoms with Crippen molar-refractivity contribution in [3.05, 3.63) is 24.3 Å². The number of carbonyl (C=O) groups excluding carboxylic acids is 1. The Morgan fingerprint density at radius 1 is 1.12 bits per heavy atom. The van der Waals surface area contributed by atoms with Gasteiger partial charge in [-0.05, 0) is 43.7 Å². The molecule has 1 aromatic carbocycles. The van der Waals surface area contributed by atoms with Gasteiger partial charge >= 0.3 is 0 Å². The Hall–Kier alpha value is -2.37. The van der Waals surface area contributed by atoms with Crippen molar-refractivity contribution in [2.75, 3.05) is 36.4 Å². The van der Waals surface area contributed by atoms with E-state index in [2.05, 4.69) is 15.5 Å². The van der Waals surface area contributed by atoms with Crippen LogP contribution in [0.15, 0.2) is 24.3 Å². The van der Waals surface area contributed by atoms with Crippen LogP contribution < -0.4 is 15.5 Å². The highest BCUT2D eigenvalue weighted by Crippen LogP contribution is 2.28. The number of benzene rings is 1. The monoisotopic (exact) mass is 325 g/mol. The van der Waals surface area contributed by atoms with Gasteiger partial charge in [0.25, 0.3) is 0 Å². The van der Waals surface area contributed by atoms with E-state index in [1.54, 1.807) is 0 Å². The van der Waals surface area contributed by atoms with Crippen molar-refractivity contribution in [2.45, 2.75) is 25.7 Å². The zero-order valence-electron chi connectivity index (χ0n) is 13.8. The average molecular weight is 325 g/mol. The van der Waals surface area contributed by atoms with Crippen molar-refractivity contribution in [3.63, 3.8) is 0 Å². The second-order valence-electron chi connectivity index (χ2n) is 6.68. The van der Waals surface area contributed by atoms with Crippen LogP contribution in [0.5, 0.6) is 0 Å². The zero-order valence-corrected chi connectivity index (χ0v) is 13.8. The van der Waals surface area contributed by atoms with Crippen LogP contribution in [0.1, 0.15) is 25.7 Å². The van der Waals surface area contributed by atoms with Gasteiger partial charge in [-0.15, -0.1) is 0 Å². The van der Waals surface area contributed by atoms with Crippen molar-refractivity contribution in [1.82, 2.24) is 15.3 Å². The molecule has 1 saturated heterocycles. The van der Waals surface area contributed by atoms with Gasteiger partial charge in [0, 0.05) is 19.6 Å². The van der Waals surface area contributed by atoms with Crippen LogP contribution in [0, 0.1) is 5.92 Å². The van der Waals surface area contributed by atoms with Gasteiger partial charge in [0.1, 0.15) is 0 Å². The van der Waals surface area contributed by atoms with E-state index in [0.29, 0.717) is 11.7 Å². The summed E-state index contributed by atoms with van der Waals surface area (Å²) in [5, 5.41) is 6.18. The number of rotatable bonds is 6. The van der Waals surface area contributed by atoms with Crippen molar-refractivity contribution in [2.24, 2.45) is 5.92 Å². The van der Waals surface area contributed by atoms with Crippen molar-refractivity contribution < 1.29 is 4.79 Å². The second kappa shape index (κ2) is 6.63. The van der Waals surface area contributed by atoms with Gasteiger partial charge in [-0.2, -0.15) is 0 Å². The molecule has 0 atom stereocenters. The van der Waals surface area contributed by atoms with Gasteiger partial charge in [0.2, 0.25) is 5.91 Å². The minimum Gasteiger partial charge on any atom is -0.358 e. The summed E-state index contributed by atoms with van der Waals surface area (Å²) in [5.41, 5.74) is 1.74. The number of hydrogen-bond donors (Lipinski definition) is 2. The van der Waals surface area contributed by atoms with Crippen LogP contribution in [0.25, 0.3) is 11.0 Å². The molecule has 0 radical (unpaired) electrons. The minimum absolute atomic E-state index is 0.0178. The molecule has 2 heterocycles. The molecule has 126 valence electrons. The molecule has 2 N–H and O–H groups in total. The number of anilines is 2. The lowest BCUT2D eigenvalue weighted by atomic mass is 10.3. The van der Waals surface area contributed by atoms with Gasteiger partial charge in [-0.3, -0.25) is 4.79 Å². The van der Waals surface area contributed by atoms with Gasteiger partial charge in [-0.1, -0.05) is 12.1 Å². The number of hydrogen-bond acceptors (Lipinski definition) is 5. The fourth-order valence-electron chi connectivity index (χ4n) is 3.07. The summed E-state index contributed by atoms with van der Waals surface area (Å²) in [7, 11) is 0. The van der Waals surface area contributed by atoms with E-state index in [1.807, 2.05) is 24.3 Å². The van der Waals surface area contributed by atoms with E-state index < -0.39 is 0 Å². The van der Waals surface area contributed by atoms with E-state index in [1.165, 1.54) is 25.7 Å². The Labute approximate surface area is 141 Å². The number of amides is 1. The van der Waals surface area contributed by atoms with Gasteiger partial charge in [0.15, 0.2) is 11.6 Å². The molecule has 2 aromatic rings. The lowest BCUT2D eigenvalue weighted by molar-refractivity contribution is -0.119. The predicted molar refractivity (Wildman–Crippen MR) is 95.2 cm³/mol. The van der Waals surface area contributed by atoms with E-state index in [0.717, 1.165) is 36.5 Å². The number of carbonyl (C=O) groups is 1. The Balaban J connectivity index is 1.52. The molecule has 1 amide bonds. The molecule has 4 rings (SSSR count). The topological polar surface area (TPSA) is 70.2 Å². The first kappa shape index (κ1) is 15.2. The van der Waals surface area contributed by atoms with Crippen LogP contribution in [-0.4, -0.2) is 42.1 Å². The number of fused-ring (bicyclic) bond motifs is 1. The maximum absolute atomic E-state index is 12.0. The summed E-state index contributed by atoms with van der Waals surface area (Å²) >= 11 is 0. The van der Waals surface area contributed by atoms with Crippen LogP contribution in [-0.2, 0) is 4.79 Å². The Kier molecular flexibility index (Phi) is 4.19. The SMILES string of the molecule is O=C(CNc1nc2ccccc2nc1N1CCCC1)NCC1CC1. The Bertz CT molecular complexity index is 737. The maximum atomic E-state index is 12.0. The normalized spacial score (nSPS) is 17.2. The minimum atomic E-state index is 0.0178. The zero-order chi connectivity index (χ0) is 16.4. The fourth-order valence-corrected chi connectivity index (χ4v) is 3.07. The largest absolute Gasteiger partial charge is 0.358 e. The summed E-state index contributed by atoms with van der Waals surface area (Å²) in [5.74, 6) is 2.28. The molecule has 0 bridgehead atoms. The summed E-state index contributed by atoms with van der Waals surface area (Å²) in [6, 6.07) is 7.87. The number of aromatic nitrogens is 2. The third kappa shape index (κ3) is 3.42. The van der Waals surface area contributed by atoms with E-state index in [4.69, 9.17) is 9.97 Å². The molecule has 1 aromatic heterocycles. The first-order valence-corrected chi connectivity index (χ1v) is 8.82. The molecule has 2 fully saturated rings. The molecule has 1 saturated carbocycles. The molecule has 6 heteroatoms. The standard InChI is InChI=1S/C18H23N5O/c24-16(19-11-13-7-8-13)12-20-17-18(23-9-3-4-10-23)22-15-6-2-1-5-14(15)21-17/h1-2,5-6,13H,3-4,7-12H2,(H,19,24)(H,20,21). The van der Waals surface area contributed by atoms with Gasteiger partial charge < -0.3 is 15.5 Å². The highest BCUT2D eigenvalue weighted by Gasteiger charge is 2.22. The highest BCUT2D eigenvalue weighted by atomic mass is 16.1. The molecule has 0 spiro atoms. The van der Waals surface area contributed by atoms with Crippen molar-refractivity contribution in [1.29, 1.82) is 0 Å². The molecule has 1 aliphatic carbocycles. The summed E-state index contributed by atoms with van der Waals surface area (Å²) < 4.78 is 0. The lowest BCUT2D eigenvalue weighted by Crippen LogP contribution is -2.32. The third-order valence-electron chi connectivity index (χ3n) is 4.66.